The minimum atomic E-state index is -0.504. The van der Waals surface area contributed by atoms with Crippen molar-refractivity contribution in [2.45, 2.75) is 13.0 Å². The predicted octanol–water partition coefficient (Wildman–Crippen LogP) is 2.05. The van der Waals surface area contributed by atoms with Gasteiger partial charge >= 0.3 is 0 Å². The highest BCUT2D eigenvalue weighted by Gasteiger charge is 2.06. The van der Waals surface area contributed by atoms with E-state index in [-0.39, 0.29) is 18.3 Å². The molecule has 5 heteroatoms. The molecule has 0 aliphatic heterocycles. The number of carbonyl (C=O) groups excluding carboxylic acids is 1. The molecule has 0 unspecified atom stereocenters. The van der Waals surface area contributed by atoms with Crippen LogP contribution in [-0.2, 0) is 4.79 Å². The smallest absolute Gasteiger partial charge is 0.240 e. The van der Waals surface area contributed by atoms with Gasteiger partial charge in [-0.2, -0.15) is 0 Å². The Balaban J connectivity index is 0.00000169. The Morgan fingerprint density at radius 2 is 1.93 bits per heavy atom. The number of nitrogens with one attached hydrogen (secondary N) is 1. The minimum Gasteiger partial charge on any atom is -0.325 e. The van der Waals surface area contributed by atoms with E-state index in [1.54, 1.807) is 31.2 Å². The van der Waals surface area contributed by atoms with Crippen LogP contribution in [0.5, 0.6) is 0 Å². The number of halogens is 2. The first-order valence-electron chi connectivity index (χ1n) is 3.91. The molecule has 1 amide bonds. The standard InChI is InChI=1S/C9H11ClN2O.ClH/c1-6(11)9(13)12-8-4-2-7(10)3-5-8;/h2-6H,11H2,1H3,(H,12,13);1H/t6-;/m1./s1. The molecule has 1 aromatic carbocycles. The summed E-state index contributed by atoms with van der Waals surface area (Å²) in [5.74, 6) is -0.206. The van der Waals surface area contributed by atoms with Gasteiger partial charge in [0.1, 0.15) is 0 Å². The maximum atomic E-state index is 11.1. The molecule has 0 radical (unpaired) electrons. The highest BCUT2D eigenvalue weighted by molar-refractivity contribution is 6.30. The van der Waals surface area contributed by atoms with Crippen LogP contribution in [0.4, 0.5) is 5.69 Å². The van der Waals surface area contributed by atoms with E-state index in [1.807, 2.05) is 0 Å². The van der Waals surface area contributed by atoms with Crippen molar-refractivity contribution in [2.75, 3.05) is 5.32 Å². The van der Waals surface area contributed by atoms with Crippen molar-refractivity contribution in [3.05, 3.63) is 29.3 Å². The molecular formula is C9H12Cl2N2O. The Bertz CT molecular complexity index is 298. The molecule has 78 valence electrons. The number of nitrogens with two attached hydrogens (primary N) is 1. The van der Waals surface area contributed by atoms with Crippen molar-refractivity contribution in [1.29, 1.82) is 0 Å². The monoisotopic (exact) mass is 234 g/mol. The number of hydrogen-bond acceptors (Lipinski definition) is 2. The molecule has 0 saturated carbocycles. The lowest BCUT2D eigenvalue weighted by Gasteiger charge is -2.06. The molecule has 3 nitrogen and oxygen atoms in total. The molecular weight excluding hydrogens is 223 g/mol. The van der Waals surface area contributed by atoms with E-state index in [0.717, 1.165) is 0 Å². The first-order chi connectivity index (χ1) is 6.09. The van der Waals surface area contributed by atoms with E-state index in [4.69, 9.17) is 17.3 Å². The van der Waals surface area contributed by atoms with Crippen LogP contribution in [0.15, 0.2) is 24.3 Å². The summed E-state index contributed by atoms with van der Waals surface area (Å²) in [7, 11) is 0. The van der Waals surface area contributed by atoms with Crippen LogP contribution in [0.25, 0.3) is 0 Å². The van der Waals surface area contributed by atoms with Gasteiger partial charge in [0.2, 0.25) is 5.91 Å². The zero-order valence-corrected chi connectivity index (χ0v) is 9.23. The van der Waals surface area contributed by atoms with Crippen LogP contribution in [0.3, 0.4) is 0 Å². The summed E-state index contributed by atoms with van der Waals surface area (Å²) in [6, 6.07) is 6.36. The maximum Gasteiger partial charge on any atom is 0.240 e. The summed E-state index contributed by atoms with van der Waals surface area (Å²) in [5, 5.41) is 3.28. The summed E-state index contributed by atoms with van der Waals surface area (Å²) in [5.41, 5.74) is 6.08. The third kappa shape index (κ3) is 3.96. The van der Waals surface area contributed by atoms with E-state index in [9.17, 15) is 4.79 Å². The molecule has 0 aromatic heterocycles. The largest absolute Gasteiger partial charge is 0.325 e. The van der Waals surface area contributed by atoms with Crippen molar-refractivity contribution in [3.8, 4) is 0 Å². The van der Waals surface area contributed by atoms with Gasteiger partial charge < -0.3 is 11.1 Å². The maximum absolute atomic E-state index is 11.1. The summed E-state index contributed by atoms with van der Waals surface area (Å²) >= 11 is 5.67. The molecule has 1 atom stereocenters. The molecule has 0 spiro atoms. The number of carbonyl (C=O) groups is 1. The number of amides is 1. The van der Waals surface area contributed by atoms with Crippen molar-refractivity contribution < 1.29 is 4.79 Å². The number of benzene rings is 1. The van der Waals surface area contributed by atoms with Crippen molar-refractivity contribution >= 4 is 35.6 Å². The van der Waals surface area contributed by atoms with Crippen molar-refractivity contribution in [3.63, 3.8) is 0 Å². The third-order valence-electron chi connectivity index (χ3n) is 1.53. The second kappa shape index (κ2) is 5.86. The SMILES string of the molecule is C[C@@H](N)C(=O)Nc1ccc(Cl)cc1.Cl. The van der Waals surface area contributed by atoms with E-state index in [0.29, 0.717) is 10.7 Å². The van der Waals surface area contributed by atoms with Gasteiger partial charge in [-0.1, -0.05) is 11.6 Å². The van der Waals surface area contributed by atoms with Crippen LogP contribution >= 0.6 is 24.0 Å². The van der Waals surface area contributed by atoms with E-state index >= 15 is 0 Å². The van der Waals surface area contributed by atoms with Crippen LogP contribution < -0.4 is 11.1 Å². The molecule has 1 rings (SSSR count). The first-order valence-corrected chi connectivity index (χ1v) is 4.29. The lowest BCUT2D eigenvalue weighted by Crippen LogP contribution is -2.32. The Hall–Kier alpha value is -0.770. The third-order valence-corrected chi connectivity index (χ3v) is 1.78. The predicted molar refractivity (Wildman–Crippen MR) is 61.0 cm³/mol. The topological polar surface area (TPSA) is 55.1 Å². The summed E-state index contributed by atoms with van der Waals surface area (Å²) in [6.45, 7) is 1.63. The van der Waals surface area contributed by atoms with Gasteiger partial charge in [-0.25, -0.2) is 0 Å². The molecule has 1 aromatic rings. The summed E-state index contributed by atoms with van der Waals surface area (Å²) in [4.78, 5) is 11.1. The van der Waals surface area contributed by atoms with Crippen LogP contribution in [0.1, 0.15) is 6.92 Å². The molecule has 14 heavy (non-hydrogen) atoms. The van der Waals surface area contributed by atoms with Gasteiger partial charge in [0.25, 0.3) is 0 Å². The summed E-state index contributed by atoms with van der Waals surface area (Å²) < 4.78 is 0. The number of hydrogen-bond donors (Lipinski definition) is 2. The van der Waals surface area contributed by atoms with Crippen LogP contribution in [0, 0.1) is 0 Å². The molecule has 0 fully saturated rings. The highest BCUT2D eigenvalue weighted by atomic mass is 35.5. The average molecular weight is 235 g/mol. The minimum absolute atomic E-state index is 0. The van der Waals surface area contributed by atoms with E-state index in [1.165, 1.54) is 0 Å². The second-order valence-electron chi connectivity index (χ2n) is 2.78. The molecule has 0 heterocycles. The fourth-order valence-corrected chi connectivity index (χ4v) is 0.915. The number of rotatable bonds is 2. The van der Waals surface area contributed by atoms with Crippen LogP contribution in [-0.4, -0.2) is 11.9 Å². The van der Waals surface area contributed by atoms with Gasteiger partial charge in [0, 0.05) is 10.7 Å². The van der Waals surface area contributed by atoms with Crippen molar-refractivity contribution in [2.24, 2.45) is 5.73 Å². The lowest BCUT2D eigenvalue weighted by atomic mass is 10.3. The fraction of sp³-hybridized carbons (Fsp3) is 0.222. The Labute approximate surface area is 94.0 Å². The van der Waals surface area contributed by atoms with Gasteiger partial charge in [-0.05, 0) is 31.2 Å². The molecule has 0 aliphatic rings. The highest BCUT2D eigenvalue weighted by Crippen LogP contribution is 2.13. The van der Waals surface area contributed by atoms with Gasteiger partial charge in [-0.3, -0.25) is 4.79 Å². The van der Waals surface area contributed by atoms with Crippen molar-refractivity contribution in [1.82, 2.24) is 0 Å². The molecule has 0 aliphatic carbocycles. The molecule has 3 N–H and O–H groups in total. The molecule has 0 bridgehead atoms. The van der Waals surface area contributed by atoms with E-state index in [2.05, 4.69) is 5.32 Å². The quantitative estimate of drug-likeness (QED) is 0.824. The van der Waals surface area contributed by atoms with Gasteiger partial charge in [0.05, 0.1) is 6.04 Å². The molecule has 0 saturated heterocycles. The zero-order valence-electron chi connectivity index (χ0n) is 7.66. The zero-order chi connectivity index (χ0) is 9.84. The fourth-order valence-electron chi connectivity index (χ4n) is 0.789. The second-order valence-corrected chi connectivity index (χ2v) is 3.22. The van der Waals surface area contributed by atoms with E-state index < -0.39 is 6.04 Å². The van der Waals surface area contributed by atoms with Crippen LogP contribution in [0.2, 0.25) is 5.02 Å². The lowest BCUT2D eigenvalue weighted by molar-refractivity contribution is -0.117. The Morgan fingerprint density at radius 1 is 1.43 bits per heavy atom. The average Bonchev–Trinajstić information content (AvgIpc) is 2.08. The number of anilines is 1. The summed E-state index contributed by atoms with van der Waals surface area (Å²) in [6.07, 6.45) is 0. The van der Waals surface area contributed by atoms with Gasteiger partial charge in [0.15, 0.2) is 0 Å². The van der Waals surface area contributed by atoms with Gasteiger partial charge in [-0.15, -0.1) is 12.4 Å². The normalized spacial score (nSPS) is 11.4. The first kappa shape index (κ1) is 13.2. The Kier molecular flexibility index (Phi) is 5.53. The Morgan fingerprint density at radius 3 is 2.36 bits per heavy atom.